The van der Waals surface area contributed by atoms with Gasteiger partial charge in [0.15, 0.2) is 0 Å². The predicted octanol–water partition coefficient (Wildman–Crippen LogP) is 3.04. The van der Waals surface area contributed by atoms with Crippen molar-refractivity contribution in [3.05, 3.63) is 47.9 Å². The zero-order valence-corrected chi connectivity index (χ0v) is 13.1. The highest BCUT2D eigenvalue weighted by Crippen LogP contribution is 2.30. The van der Waals surface area contributed by atoms with Crippen LogP contribution in [0.2, 0.25) is 0 Å². The van der Waals surface area contributed by atoms with E-state index in [2.05, 4.69) is 24.1 Å². The summed E-state index contributed by atoms with van der Waals surface area (Å²) in [6, 6.07) is 4.61. The van der Waals surface area contributed by atoms with Crippen LogP contribution in [0.3, 0.4) is 0 Å². The number of urea groups is 1. The summed E-state index contributed by atoms with van der Waals surface area (Å²) in [5.74, 6) is -1.71. The third-order valence-corrected chi connectivity index (χ3v) is 3.72. The number of nitrogens with one attached hydrogen (secondary N) is 2. The van der Waals surface area contributed by atoms with Crippen molar-refractivity contribution in [1.82, 2.24) is 10.6 Å². The molecule has 0 saturated carbocycles. The number of rotatable bonds is 6. The lowest BCUT2D eigenvalue weighted by molar-refractivity contribution is -0.148. The van der Waals surface area contributed by atoms with Gasteiger partial charge < -0.3 is 15.4 Å². The standard InChI is InChI=1S/C17H21FN2O3/c1-3-4-5-9-23-16(21)14-11(2)19-17(22)20-15(14)12-7-6-8-13(18)10-12/h6-8,10,14-15H,2-5,9H2,1H3,(H2,19,20,22)/t14-,15+/m1/s1. The number of hydrogen-bond acceptors (Lipinski definition) is 3. The molecule has 1 aromatic rings. The Labute approximate surface area is 134 Å². The van der Waals surface area contributed by atoms with Crippen LogP contribution in [0.4, 0.5) is 9.18 Å². The summed E-state index contributed by atoms with van der Waals surface area (Å²) < 4.78 is 18.8. The number of carbonyl (C=O) groups excluding carboxylic acids is 2. The summed E-state index contributed by atoms with van der Waals surface area (Å²) in [4.78, 5) is 24.1. The van der Waals surface area contributed by atoms with Gasteiger partial charge in [-0.2, -0.15) is 0 Å². The second kappa shape index (κ2) is 7.76. The summed E-state index contributed by atoms with van der Waals surface area (Å²) >= 11 is 0. The van der Waals surface area contributed by atoms with Gasteiger partial charge in [0.1, 0.15) is 11.7 Å². The molecule has 2 amide bonds. The number of halogens is 1. The first-order chi connectivity index (χ1) is 11.0. The average Bonchev–Trinajstić information content (AvgIpc) is 2.50. The van der Waals surface area contributed by atoms with Crippen LogP contribution >= 0.6 is 0 Å². The molecule has 6 heteroatoms. The van der Waals surface area contributed by atoms with E-state index < -0.39 is 29.8 Å². The lowest BCUT2D eigenvalue weighted by atomic mass is 9.89. The van der Waals surface area contributed by atoms with E-state index in [4.69, 9.17) is 4.74 Å². The van der Waals surface area contributed by atoms with E-state index in [1.807, 2.05) is 0 Å². The van der Waals surface area contributed by atoms with Crippen LogP contribution in [-0.2, 0) is 9.53 Å². The first-order valence-corrected chi connectivity index (χ1v) is 7.71. The zero-order chi connectivity index (χ0) is 16.8. The molecule has 0 unspecified atom stereocenters. The molecule has 0 radical (unpaired) electrons. The number of hydrogen-bond donors (Lipinski definition) is 2. The average molecular weight is 320 g/mol. The smallest absolute Gasteiger partial charge is 0.319 e. The number of carbonyl (C=O) groups is 2. The van der Waals surface area contributed by atoms with Gasteiger partial charge >= 0.3 is 12.0 Å². The minimum atomic E-state index is -0.795. The van der Waals surface area contributed by atoms with Gasteiger partial charge in [-0.3, -0.25) is 4.79 Å². The second-order valence-corrected chi connectivity index (χ2v) is 5.51. The molecule has 124 valence electrons. The molecule has 2 rings (SSSR count). The first-order valence-electron chi connectivity index (χ1n) is 7.71. The summed E-state index contributed by atoms with van der Waals surface area (Å²) in [5.41, 5.74) is 0.750. The van der Waals surface area contributed by atoms with E-state index >= 15 is 0 Å². The van der Waals surface area contributed by atoms with Gasteiger partial charge in [0.05, 0.1) is 12.6 Å². The molecule has 1 aromatic carbocycles. The van der Waals surface area contributed by atoms with Crippen molar-refractivity contribution in [2.45, 2.75) is 32.2 Å². The Morgan fingerprint density at radius 3 is 2.87 bits per heavy atom. The maximum Gasteiger partial charge on any atom is 0.319 e. The van der Waals surface area contributed by atoms with Crippen LogP contribution in [0.15, 0.2) is 36.5 Å². The van der Waals surface area contributed by atoms with Crippen LogP contribution in [0.1, 0.15) is 37.8 Å². The van der Waals surface area contributed by atoms with Gasteiger partial charge in [0, 0.05) is 5.70 Å². The highest BCUT2D eigenvalue weighted by Gasteiger charge is 2.38. The summed E-state index contributed by atoms with van der Waals surface area (Å²) in [6.07, 6.45) is 2.78. The molecule has 2 N–H and O–H groups in total. The Bertz CT molecular complexity index is 603. The van der Waals surface area contributed by atoms with Crippen LogP contribution < -0.4 is 10.6 Å². The molecule has 1 fully saturated rings. The van der Waals surface area contributed by atoms with Crippen LogP contribution in [0.5, 0.6) is 0 Å². The largest absolute Gasteiger partial charge is 0.465 e. The van der Waals surface area contributed by atoms with Crippen LogP contribution in [0, 0.1) is 11.7 Å². The van der Waals surface area contributed by atoms with Gasteiger partial charge in [-0.05, 0) is 24.1 Å². The quantitative estimate of drug-likeness (QED) is 0.625. The fourth-order valence-corrected chi connectivity index (χ4v) is 2.55. The minimum absolute atomic E-state index is 0.253. The molecular weight excluding hydrogens is 299 g/mol. The molecule has 1 aliphatic rings. The molecule has 1 aliphatic heterocycles. The maximum absolute atomic E-state index is 13.5. The van der Waals surface area contributed by atoms with Crippen LogP contribution in [0.25, 0.3) is 0 Å². The summed E-state index contributed by atoms with van der Waals surface area (Å²) in [7, 11) is 0. The van der Waals surface area contributed by atoms with E-state index in [0.717, 1.165) is 19.3 Å². The van der Waals surface area contributed by atoms with E-state index in [1.54, 1.807) is 6.07 Å². The maximum atomic E-state index is 13.5. The van der Waals surface area contributed by atoms with Crippen molar-refractivity contribution in [1.29, 1.82) is 0 Å². The van der Waals surface area contributed by atoms with Gasteiger partial charge in [-0.15, -0.1) is 0 Å². The molecular formula is C17H21FN2O3. The minimum Gasteiger partial charge on any atom is -0.465 e. The van der Waals surface area contributed by atoms with E-state index in [-0.39, 0.29) is 5.70 Å². The second-order valence-electron chi connectivity index (χ2n) is 5.51. The molecule has 1 heterocycles. The Kier molecular flexibility index (Phi) is 5.73. The van der Waals surface area contributed by atoms with Crippen molar-refractivity contribution in [3.8, 4) is 0 Å². The van der Waals surface area contributed by atoms with Gasteiger partial charge in [0.25, 0.3) is 0 Å². The number of ether oxygens (including phenoxy) is 1. The lowest BCUT2D eigenvalue weighted by Gasteiger charge is -2.33. The third kappa shape index (κ3) is 4.31. The Balaban J connectivity index is 2.16. The molecule has 2 atom stereocenters. The van der Waals surface area contributed by atoms with Crippen LogP contribution in [-0.4, -0.2) is 18.6 Å². The number of benzene rings is 1. The van der Waals surface area contributed by atoms with Gasteiger partial charge in [-0.1, -0.05) is 38.5 Å². The predicted molar refractivity (Wildman–Crippen MR) is 83.9 cm³/mol. The number of unbranched alkanes of at least 4 members (excludes halogenated alkanes) is 2. The summed E-state index contributed by atoms with van der Waals surface area (Å²) in [5, 5.41) is 5.13. The Morgan fingerprint density at radius 2 is 2.17 bits per heavy atom. The molecule has 0 aromatic heterocycles. The fourth-order valence-electron chi connectivity index (χ4n) is 2.55. The molecule has 0 aliphatic carbocycles. The lowest BCUT2D eigenvalue weighted by Crippen LogP contribution is -2.51. The Hall–Kier alpha value is -2.37. The molecule has 0 spiro atoms. The first kappa shape index (κ1) is 17.0. The van der Waals surface area contributed by atoms with Crippen molar-refractivity contribution in [2.24, 2.45) is 5.92 Å². The normalized spacial score (nSPS) is 20.6. The zero-order valence-electron chi connectivity index (χ0n) is 13.1. The fraction of sp³-hybridized carbons (Fsp3) is 0.412. The SMILES string of the molecule is C=C1NC(=O)N[C@@H](c2cccc(F)c2)[C@@H]1C(=O)OCCCCC. The molecule has 23 heavy (non-hydrogen) atoms. The molecule has 5 nitrogen and oxygen atoms in total. The van der Waals surface area contributed by atoms with E-state index in [1.165, 1.54) is 18.2 Å². The Morgan fingerprint density at radius 1 is 1.39 bits per heavy atom. The van der Waals surface area contributed by atoms with Crippen molar-refractivity contribution in [3.63, 3.8) is 0 Å². The van der Waals surface area contributed by atoms with E-state index in [9.17, 15) is 14.0 Å². The monoisotopic (exact) mass is 320 g/mol. The van der Waals surface area contributed by atoms with E-state index in [0.29, 0.717) is 12.2 Å². The van der Waals surface area contributed by atoms with Gasteiger partial charge in [-0.25, -0.2) is 9.18 Å². The molecule has 0 bridgehead atoms. The highest BCUT2D eigenvalue weighted by molar-refractivity contribution is 5.85. The number of amides is 2. The highest BCUT2D eigenvalue weighted by atomic mass is 19.1. The van der Waals surface area contributed by atoms with Crippen molar-refractivity contribution in [2.75, 3.05) is 6.61 Å². The molecule has 1 saturated heterocycles. The van der Waals surface area contributed by atoms with Crippen molar-refractivity contribution >= 4 is 12.0 Å². The van der Waals surface area contributed by atoms with Gasteiger partial charge in [0.2, 0.25) is 0 Å². The summed E-state index contributed by atoms with van der Waals surface area (Å²) in [6.45, 7) is 6.12. The topological polar surface area (TPSA) is 67.4 Å². The number of esters is 1. The third-order valence-electron chi connectivity index (χ3n) is 3.72. The van der Waals surface area contributed by atoms with Crippen molar-refractivity contribution < 1.29 is 18.7 Å².